The lowest BCUT2D eigenvalue weighted by Crippen LogP contribution is -2.44. The molecular formula is C11H16Cl2N2O2S2. The molecule has 1 N–H and O–H groups in total. The molecular weight excluding hydrogens is 327 g/mol. The second kappa shape index (κ2) is 6.28. The average molecular weight is 343 g/mol. The van der Waals surface area contributed by atoms with Crippen LogP contribution in [0.15, 0.2) is 11.0 Å². The second-order valence-corrected chi connectivity index (χ2v) is 8.92. The highest BCUT2D eigenvalue weighted by Gasteiger charge is 2.28. The summed E-state index contributed by atoms with van der Waals surface area (Å²) in [5.41, 5.74) is 0. The largest absolute Gasteiger partial charge is 0.313 e. The molecule has 1 aromatic rings. The third kappa shape index (κ3) is 3.62. The number of sulfonamides is 1. The average Bonchev–Trinajstić information content (AvgIpc) is 2.70. The molecule has 19 heavy (non-hydrogen) atoms. The quantitative estimate of drug-likeness (QED) is 0.915. The van der Waals surface area contributed by atoms with Gasteiger partial charge in [0.05, 0.1) is 4.34 Å². The summed E-state index contributed by atoms with van der Waals surface area (Å²) < 4.78 is 26.7. The van der Waals surface area contributed by atoms with Crippen molar-refractivity contribution in [3.63, 3.8) is 0 Å². The zero-order chi connectivity index (χ0) is 14.0. The Bertz CT molecular complexity index is 539. The zero-order valence-electron chi connectivity index (χ0n) is 10.5. The Morgan fingerprint density at radius 3 is 2.74 bits per heavy atom. The molecule has 108 valence electrons. The van der Waals surface area contributed by atoms with Crippen molar-refractivity contribution >= 4 is 44.6 Å². The molecule has 2 rings (SSSR count). The van der Waals surface area contributed by atoms with E-state index in [4.69, 9.17) is 23.2 Å². The van der Waals surface area contributed by atoms with Crippen molar-refractivity contribution in [2.75, 3.05) is 20.1 Å². The van der Waals surface area contributed by atoms with Crippen molar-refractivity contribution in [1.29, 1.82) is 0 Å². The molecule has 0 bridgehead atoms. The summed E-state index contributed by atoms with van der Waals surface area (Å²) in [4.78, 5) is 0.0995. The van der Waals surface area contributed by atoms with E-state index in [2.05, 4.69) is 5.32 Å². The van der Waals surface area contributed by atoms with E-state index in [0.717, 1.165) is 37.1 Å². The molecule has 0 amide bonds. The Balaban J connectivity index is 2.12. The van der Waals surface area contributed by atoms with Crippen molar-refractivity contribution in [1.82, 2.24) is 9.62 Å². The predicted octanol–water partition coefficient (Wildman–Crippen LogP) is 2.82. The van der Waals surface area contributed by atoms with Gasteiger partial charge in [-0.3, -0.25) is 0 Å². The molecule has 0 radical (unpaired) electrons. The summed E-state index contributed by atoms with van der Waals surface area (Å²) in [7, 11) is -1.98. The van der Waals surface area contributed by atoms with Crippen LogP contribution in [0.2, 0.25) is 8.67 Å². The van der Waals surface area contributed by atoms with Crippen LogP contribution in [-0.4, -0.2) is 38.9 Å². The second-order valence-electron chi connectivity index (χ2n) is 4.62. The first-order chi connectivity index (χ1) is 8.91. The standard InChI is InChI=1S/C11H16Cl2N2O2S2/c1-15(7-8-4-2-3-5-14-8)19(16,17)9-6-10(12)18-11(9)13/h6,8,14H,2-5,7H2,1H3. The molecule has 1 aliphatic heterocycles. The van der Waals surface area contributed by atoms with Gasteiger partial charge in [0.2, 0.25) is 10.0 Å². The van der Waals surface area contributed by atoms with Crippen LogP contribution in [0.1, 0.15) is 19.3 Å². The summed E-state index contributed by atoms with van der Waals surface area (Å²) in [6.45, 7) is 1.40. The third-order valence-corrected chi connectivity index (χ3v) is 6.78. The first-order valence-electron chi connectivity index (χ1n) is 6.06. The fourth-order valence-corrected chi connectivity index (χ4v) is 5.48. The van der Waals surface area contributed by atoms with Gasteiger partial charge in [-0.15, -0.1) is 11.3 Å². The van der Waals surface area contributed by atoms with Crippen molar-refractivity contribution in [2.24, 2.45) is 0 Å². The smallest absolute Gasteiger partial charge is 0.245 e. The summed E-state index contributed by atoms with van der Waals surface area (Å²) in [5, 5.41) is 3.33. The summed E-state index contributed by atoms with van der Waals surface area (Å²) in [6, 6.07) is 1.62. The highest BCUT2D eigenvalue weighted by atomic mass is 35.5. The summed E-state index contributed by atoms with van der Waals surface area (Å²) in [6.07, 6.45) is 3.29. The minimum Gasteiger partial charge on any atom is -0.313 e. The fraction of sp³-hybridized carbons (Fsp3) is 0.636. The molecule has 4 nitrogen and oxygen atoms in total. The molecule has 1 fully saturated rings. The van der Waals surface area contributed by atoms with Crippen LogP contribution in [0, 0.1) is 0 Å². The van der Waals surface area contributed by atoms with E-state index in [1.54, 1.807) is 7.05 Å². The molecule has 0 spiro atoms. The fourth-order valence-electron chi connectivity index (χ4n) is 2.16. The van der Waals surface area contributed by atoms with Crippen LogP contribution in [0.25, 0.3) is 0 Å². The number of halogens is 2. The Morgan fingerprint density at radius 2 is 2.21 bits per heavy atom. The molecule has 8 heteroatoms. The zero-order valence-corrected chi connectivity index (χ0v) is 13.7. The van der Waals surface area contributed by atoms with Gasteiger partial charge >= 0.3 is 0 Å². The van der Waals surface area contributed by atoms with E-state index in [9.17, 15) is 8.42 Å². The molecule has 0 saturated carbocycles. The van der Waals surface area contributed by atoms with Gasteiger partial charge in [-0.25, -0.2) is 8.42 Å². The first-order valence-corrected chi connectivity index (χ1v) is 9.07. The molecule has 2 heterocycles. The van der Waals surface area contributed by atoms with Crippen LogP contribution in [0.5, 0.6) is 0 Å². The molecule has 1 aliphatic rings. The lowest BCUT2D eigenvalue weighted by Gasteiger charge is -2.27. The minimum absolute atomic E-state index is 0.0995. The lowest BCUT2D eigenvalue weighted by atomic mass is 10.1. The number of rotatable bonds is 4. The van der Waals surface area contributed by atoms with E-state index in [1.807, 2.05) is 0 Å². The number of piperidine rings is 1. The molecule has 1 unspecified atom stereocenters. The van der Waals surface area contributed by atoms with Gasteiger partial charge in [-0.2, -0.15) is 4.31 Å². The van der Waals surface area contributed by atoms with Crippen molar-refractivity contribution < 1.29 is 8.42 Å². The Morgan fingerprint density at radius 1 is 1.47 bits per heavy atom. The number of hydrogen-bond acceptors (Lipinski definition) is 4. The van der Waals surface area contributed by atoms with Crippen molar-refractivity contribution in [3.05, 3.63) is 14.7 Å². The molecule has 1 aromatic heterocycles. The van der Waals surface area contributed by atoms with Crippen LogP contribution in [0.3, 0.4) is 0 Å². The van der Waals surface area contributed by atoms with Gasteiger partial charge in [-0.1, -0.05) is 29.6 Å². The monoisotopic (exact) mass is 342 g/mol. The molecule has 1 atom stereocenters. The number of nitrogens with zero attached hydrogens (tertiary/aromatic N) is 1. The van der Waals surface area contributed by atoms with Crippen molar-refractivity contribution in [3.8, 4) is 0 Å². The third-order valence-electron chi connectivity index (χ3n) is 3.20. The Labute approximate surface area is 127 Å². The molecule has 0 aliphatic carbocycles. The van der Waals surface area contributed by atoms with Gasteiger partial charge in [0, 0.05) is 19.6 Å². The topological polar surface area (TPSA) is 49.4 Å². The van der Waals surface area contributed by atoms with E-state index in [1.165, 1.54) is 10.4 Å². The highest BCUT2D eigenvalue weighted by molar-refractivity contribution is 7.89. The normalized spacial score (nSPS) is 20.9. The maximum atomic E-state index is 12.4. The Hall–Kier alpha value is 0.150. The Kier molecular flexibility index (Phi) is 5.14. The lowest BCUT2D eigenvalue weighted by molar-refractivity contribution is 0.337. The summed E-state index contributed by atoms with van der Waals surface area (Å²) in [5.74, 6) is 0. The van der Waals surface area contributed by atoms with Gasteiger partial charge in [0.15, 0.2) is 0 Å². The van der Waals surface area contributed by atoms with Gasteiger partial charge in [0.25, 0.3) is 0 Å². The van der Waals surface area contributed by atoms with E-state index < -0.39 is 10.0 Å². The maximum Gasteiger partial charge on any atom is 0.245 e. The van der Waals surface area contributed by atoms with Crippen LogP contribution in [0.4, 0.5) is 0 Å². The minimum atomic E-state index is -3.56. The maximum absolute atomic E-state index is 12.4. The van der Waals surface area contributed by atoms with Gasteiger partial charge in [0.1, 0.15) is 9.23 Å². The number of hydrogen-bond donors (Lipinski definition) is 1. The van der Waals surface area contributed by atoms with Crippen LogP contribution < -0.4 is 5.32 Å². The number of thiophene rings is 1. The van der Waals surface area contributed by atoms with Crippen LogP contribution in [-0.2, 0) is 10.0 Å². The molecule has 1 saturated heterocycles. The van der Waals surface area contributed by atoms with E-state index in [0.29, 0.717) is 10.9 Å². The SMILES string of the molecule is CN(CC1CCCCN1)S(=O)(=O)c1cc(Cl)sc1Cl. The summed E-state index contributed by atoms with van der Waals surface area (Å²) >= 11 is 12.8. The molecule has 0 aromatic carbocycles. The van der Waals surface area contributed by atoms with Crippen LogP contribution >= 0.6 is 34.5 Å². The van der Waals surface area contributed by atoms with Gasteiger partial charge < -0.3 is 5.32 Å². The van der Waals surface area contributed by atoms with Crippen molar-refractivity contribution in [2.45, 2.75) is 30.2 Å². The van der Waals surface area contributed by atoms with E-state index >= 15 is 0 Å². The number of likely N-dealkylation sites (N-methyl/N-ethyl adjacent to an activating group) is 1. The highest BCUT2D eigenvalue weighted by Crippen LogP contribution is 2.35. The predicted molar refractivity (Wildman–Crippen MR) is 79.8 cm³/mol. The van der Waals surface area contributed by atoms with Gasteiger partial charge in [-0.05, 0) is 25.5 Å². The first kappa shape index (κ1) is 15.5. The number of nitrogens with one attached hydrogen (secondary N) is 1. The van der Waals surface area contributed by atoms with E-state index in [-0.39, 0.29) is 15.3 Å².